The number of amides is 1. The molecular formula is C18H23N3O2. The summed E-state index contributed by atoms with van der Waals surface area (Å²) in [5.41, 5.74) is 2.23. The Balaban J connectivity index is 1.44. The van der Waals surface area contributed by atoms with E-state index in [0.717, 1.165) is 43.8 Å². The summed E-state index contributed by atoms with van der Waals surface area (Å²) in [7, 11) is 0. The summed E-state index contributed by atoms with van der Waals surface area (Å²) < 4.78 is 7.55. The van der Waals surface area contributed by atoms with Crippen molar-refractivity contribution in [3.63, 3.8) is 0 Å². The molecule has 1 aliphatic carbocycles. The molecule has 0 N–H and O–H groups in total. The molecule has 1 saturated carbocycles. The summed E-state index contributed by atoms with van der Waals surface area (Å²) in [6.45, 7) is 5.76. The van der Waals surface area contributed by atoms with Gasteiger partial charge in [-0.1, -0.05) is 0 Å². The van der Waals surface area contributed by atoms with Crippen LogP contribution in [0.3, 0.4) is 0 Å². The van der Waals surface area contributed by atoms with E-state index >= 15 is 0 Å². The summed E-state index contributed by atoms with van der Waals surface area (Å²) in [5.74, 6) is 1.64. The standard InChI is InChI=1S/C18H23N3O2/c1-12-9-13(2)21(19-12)14-5-3-7-20(11-14)18(22)16-10-15(16)17-6-4-8-23-17/h4,6,8-9,14-16H,3,5,7,10-11H2,1-2H3/t14-,15+,16+/m1/s1. The number of carbonyl (C=O) groups is 1. The van der Waals surface area contributed by atoms with Gasteiger partial charge in [-0.25, -0.2) is 0 Å². The zero-order chi connectivity index (χ0) is 16.0. The van der Waals surface area contributed by atoms with Crippen molar-refractivity contribution in [2.24, 2.45) is 5.92 Å². The summed E-state index contributed by atoms with van der Waals surface area (Å²) in [5, 5.41) is 4.61. The molecular weight excluding hydrogens is 290 g/mol. The maximum atomic E-state index is 12.8. The predicted octanol–water partition coefficient (Wildman–Crippen LogP) is 3.06. The molecule has 3 atom stereocenters. The molecule has 2 aliphatic rings. The Bertz CT molecular complexity index is 704. The van der Waals surface area contributed by atoms with Gasteiger partial charge in [0.05, 0.1) is 18.0 Å². The number of likely N-dealkylation sites (tertiary alicyclic amines) is 1. The predicted molar refractivity (Wildman–Crippen MR) is 86.1 cm³/mol. The molecule has 4 rings (SSSR count). The van der Waals surface area contributed by atoms with Crippen molar-refractivity contribution in [1.29, 1.82) is 0 Å². The molecule has 0 aromatic carbocycles. The van der Waals surface area contributed by atoms with Crippen molar-refractivity contribution >= 4 is 5.91 Å². The van der Waals surface area contributed by atoms with Gasteiger partial charge in [-0.2, -0.15) is 5.10 Å². The fourth-order valence-corrected chi connectivity index (χ4v) is 3.89. The van der Waals surface area contributed by atoms with Crippen molar-refractivity contribution < 1.29 is 9.21 Å². The Hall–Kier alpha value is -2.04. The molecule has 1 saturated heterocycles. The van der Waals surface area contributed by atoms with E-state index in [9.17, 15) is 4.79 Å². The number of aromatic nitrogens is 2. The van der Waals surface area contributed by atoms with Crippen molar-refractivity contribution in [3.05, 3.63) is 41.6 Å². The smallest absolute Gasteiger partial charge is 0.226 e. The average Bonchev–Trinajstić information content (AvgIpc) is 2.99. The van der Waals surface area contributed by atoms with E-state index in [-0.39, 0.29) is 17.7 Å². The van der Waals surface area contributed by atoms with E-state index < -0.39 is 0 Å². The Morgan fingerprint density at radius 2 is 2.26 bits per heavy atom. The zero-order valence-electron chi connectivity index (χ0n) is 13.7. The fraction of sp³-hybridized carbons (Fsp3) is 0.556. The van der Waals surface area contributed by atoms with Gasteiger partial charge in [-0.3, -0.25) is 9.48 Å². The molecule has 23 heavy (non-hydrogen) atoms. The van der Waals surface area contributed by atoms with Gasteiger partial charge in [0.25, 0.3) is 0 Å². The van der Waals surface area contributed by atoms with E-state index in [1.54, 1.807) is 6.26 Å². The Morgan fingerprint density at radius 3 is 2.96 bits per heavy atom. The highest BCUT2D eigenvalue weighted by Crippen LogP contribution is 2.49. The van der Waals surface area contributed by atoms with Crippen LogP contribution in [0.15, 0.2) is 28.9 Å². The maximum Gasteiger partial charge on any atom is 0.226 e. The van der Waals surface area contributed by atoms with E-state index in [4.69, 9.17) is 4.42 Å². The van der Waals surface area contributed by atoms with Crippen molar-refractivity contribution in [2.45, 2.75) is 45.1 Å². The molecule has 3 heterocycles. The molecule has 1 amide bonds. The van der Waals surface area contributed by atoms with E-state index in [2.05, 4.69) is 22.8 Å². The van der Waals surface area contributed by atoms with Gasteiger partial charge < -0.3 is 9.32 Å². The monoisotopic (exact) mass is 313 g/mol. The number of furan rings is 1. The van der Waals surface area contributed by atoms with Gasteiger partial charge >= 0.3 is 0 Å². The third kappa shape index (κ3) is 2.69. The second kappa shape index (κ2) is 5.55. The summed E-state index contributed by atoms with van der Waals surface area (Å²) in [4.78, 5) is 14.8. The van der Waals surface area contributed by atoms with Crippen LogP contribution >= 0.6 is 0 Å². The molecule has 2 aromatic rings. The third-order valence-electron chi connectivity index (χ3n) is 5.11. The molecule has 1 aliphatic heterocycles. The minimum atomic E-state index is 0.111. The highest BCUT2D eigenvalue weighted by molar-refractivity contribution is 5.83. The Kier molecular flexibility index (Phi) is 3.51. The van der Waals surface area contributed by atoms with Crippen LogP contribution in [0, 0.1) is 19.8 Å². The van der Waals surface area contributed by atoms with Gasteiger partial charge in [0.1, 0.15) is 5.76 Å². The number of hydrogen-bond donors (Lipinski definition) is 0. The molecule has 5 heteroatoms. The Morgan fingerprint density at radius 1 is 1.39 bits per heavy atom. The highest BCUT2D eigenvalue weighted by atomic mass is 16.3. The molecule has 0 unspecified atom stereocenters. The SMILES string of the molecule is Cc1cc(C)n([C@@H]2CCCN(C(=O)[C@H]3C[C@@H]3c3ccco3)C2)n1. The van der Waals surface area contributed by atoms with Crippen molar-refractivity contribution in [2.75, 3.05) is 13.1 Å². The first-order chi connectivity index (χ1) is 11.1. The van der Waals surface area contributed by atoms with Crippen LogP contribution in [-0.2, 0) is 4.79 Å². The second-order valence-corrected chi connectivity index (χ2v) is 6.92. The normalized spacial score (nSPS) is 27.2. The number of rotatable bonds is 3. The summed E-state index contributed by atoms with van der Waals surface area (Å²) in [6, 6.07) is 6.29. The van der Waals surface area contributed by atoms with Gasteiger partial charge in [-0.05, 0) is 51.3 Å². The molecule has 0 bridgehead atoms. The van der Waals surface area contributed by atoms with Crippen LogP contribution < -0.4 is 0 Å². The quantitative estimate of drug-likeness (QED) is 0.875. The van der Waals surface area contributed by atoms with Crippen molar-refractivity contribution in [3.8, 4) is 0 Å². The largest absolute Gasteiger partial charge is 0.469 e. The lowest BCUT2D eigenvalue weighted by molar-refractivity contribution is -0.134. The Labute approximate surface area is 136 Å². The first-order valence-corrected chi connectivity index (χ1v) is 8.48. The third-order valence-corrected chi connectivity index (χ3v) is 5.11. The fourth-order valence-electron chi connectivity index (χ4n) is 3.89. The summed E-state index contributed by atoms with van der Waals surface area (Å²) in [6.07, 6.45) is 4.76. The van der Waals surface area contributed by atoms with Crippen molar-refractivity contribution in [1.82, 2.24) is 14.7 Å². The van der Waals surface area contributed by atoms with Gasteiger partial charge in [0.15, 0.2) is 0 Å². The number of aryl methyl sites for hydroxylation is 2. The van der Waals surface area contributed by atoms with Crippen LogP contribution in [0.1, 0.15) is 48.4 Å². The number of nitrogens with zero attached hydrogens (tertiary/aromatic N) is 3. The molecule has 2 aromatic heterocycles. The minimum Gasteiger partial charge on any atom is -0.469 e. The average molecular weight is 313 g/mol. The van der Waals surface area contributed by atoms with E-state index in [1.165, 1.54) is 5.69 Å². The topological polar surface area (TPSA) is 51.3 Å². The molecule has 122 valence electrons. The van der Waals surface area contributed by atoms with Crippen LogP contribution in [0.25, 0.3) is 0 Å². The van der Waals surface area contributed by atoms with Crippen LogP contribution in [0.2, 0.25) is 0 Å². The zero-order valence-corrected chi connectivity index (χ0v) is 13.7. The molecule has 0 spiro atoms. The lowest BCUT2D eigenvalue weighted by Gasteiger charge is -2.33. The highest BCUT2D eigenvalue weighted by Gasteiger charge is 2.48. The number of carbonyl (C=O) groups excluding carboxylic acids is 1. The van der Waals surface area contributed by atoms with Gasteiger partial charge in [0.2, 0.25) is 5.91 Å². The van der Waals surface area contributed by atoms with Crippen LogP contribution in [0.5, 0.6) is 0 Å². The molecule has 5 nitrogen and oxygen atoms in total. The summed E-state index contributed by atoms with van der Waals surface area (Å²) >= 11 is 0. The molecule has 2 fully saturated rings. The lowest BCUT2D eigenvalue weighted by Crippen LogP contribution is -2.42. The van der Waals surface area contributed by atoms with Gasteiger partial charge in [-0.15, -0.1) is 0 Å². The van der Waals surface area contributed by atoms with Crippen LogP contribution in [-0.4, -0.2) is 33.7 Å². The van der Waals surface area contributed by atoms with Crippen LogP contribution in [0.4, 0.5) is 0 Å². The van der Waals surface area contributed by atoms with E-state index in [0.29, 0.717) is 6.04 Å². The second-order valence-electron chi connectivity index (χ2n) is 6.92. The lowest BCUT2D eigenvalue weighted by atomic mass is 10.0. The van der Waals surface area contributed by atoms with Gasteiger partial charge in [0, 0.05) is 30.6 Å². The first kappa shape index (κ1) is 14.5. The maximum absolute atomic E-state index is 12.8. The van der Waals surface area contributed by atoms with E-state index in [1.807, 2.05) is 24.0 Å². The first-order valence-electron chi connectivity index (χ1n) is 8.48. The minimum absolute atomic E-state index is 0.111. The molecule has 0 radical (unpaired) electrons. The number of piperidine rings is 1. The number of hydrogen-bond acceptors (Lipinski definition) is 3.